The monoisotopic (exact) mass is 341 g/mol. The van der Waals surface area contributed by atoms with Crippen LogP contribution in [0.1, 0.15) is 19.8 Å². The maximum atomic E-state index is 11.2. The molecule has 0 saturated carbocycles. The molecule has 0 aliphatic carbocycles. The number of hydrogen-bond donors (Lipinski definition) is 1. The number of halogens is 1. The zero-order valence-electron chi connectivity index (χ0n) is 11.7. The van der Waals surface area contributed by atoms with Gasteiger partial charge in [-0.25, -0.2) is 0 Å². The van der Waals surface area contributed by atoms with Crippen molar-refractivity contribution in [3.8, 4) is 5.75 Å². The van der Waals surface area contributed by atoms with Crippen LogP contribution < -0.4 is 10.1 Å². The van der Waals surface area contributed by atoms with Crippen LogP contribution in [-0.4, -0.2) is 31.1 Å². The van der Waals surface area contributed by atoms with Crippen LogP contribution in [0.3, 0.4) is 0 Å². The van der Waals surface area contributed by atoms with Gasteiger partial charge in [-0.1, -0.05) is 28.1 Å². The molecule has 1 saturated heterocycles. The fourth-order valence-electron chi connectivity index (χ4n) is 2.24. The van der Waals surface area contributed by atoms with Crippen molar-refractivity contribution < 1.29 is 14.3 Å². The Bertz CT molecular complexity index is 458. The number of anilines is 1. The maximum absolute atomic E-state index is 11.2. The van der Waals surface area contributed by atoms with Crippen LogP contribution in [-0.2, 0) is 9.53 Å². The number of para-hydroxylation sites is 2. The minimum atomic E-state index is -0.0951. The summed E-state index contributed by atoms with van der Waals surface area (Å²) in [5.41, 5.74) is 0.832. The Labute approximate surface area is 128 Å². The highest BCUT2D eigenvalue weighted by molar-refractivity contribution is 9.09. The molecule has 0 spiro atoms. The molecule has 1 N–H and O–H groups in total. The van der Waals surface area contributed by atoms with E-state index in [-0.39, 0.29) is 11.3 Å². The molecule has 110 valence electrons. The lowest BCUT2D eigenvalue weighted by Gasteiger charge is -2.35. The number of carbonyl (C=O) groups is 1. The number of hydrogen-bond acceptors (Lipinski definition) is 3. The van der Waals surface area contributed by atoms with E-state index >= 15 is 0 Å². The summed E-state index contributed by atoms with van der Waals surface area (Å²) in [5.74, 6) is 0.622. The molecule has 0 unspecified atom stereocenters. The van der Waals surface area contributed by atoms with Gasteiger partial charge in [-0.3, -0.25) is 4.79 Å². The highest BCUT2D eigenvalue weighted by atomic mass is 79.9. The van der Waals surface area contributed by atoms with Gasteiger partial charge in [0.15, 0.2) is 0 Å². The lowest BCUT2D eigenvalue weighted by Crippen LogP contribution is -2.36. The Morgan fingerprint density at radius 2 is 2.10 bits per heavy atom. The average molecular weight is 342 g/mol. The standard InChI is InChI=1S/C15H20BrNO3/c1-12(18)17-13-4-2-3-5-14(13)20-11-15(10-16)6-8-19-9-7-15/h2-5H,6-11H2,1H3,(H,17,18). The van der Waals surface area contributed by atoms with E-state index in [2.05, 4.69) is 21.2 Å². The van der Waals surface area contributed by atoms with Crippen molar-refractivity contribution in [2.45, 2.75) is 19.8 Å². The highest BCUT2D eigenvalue weighted by Gasteiger charge is 2.32. The van der Waals surface area contributed by atoms with Gasteiger partial charge in [-0.2, -0.15) is 0 Å². The second kappa shape index (κ2) is 7.09. The van der Waals surface area contributed by atoms with Crippen molar-refractivity contribution >= 4 is 27.5 Å². The van der Waals surface area contributed by atoms with Crippen LogP contribution in [0.4, 0.5) is 5.69 Å². The third-order valence-corrected chi connectivity index (χ3v) is 4.76. The summed E-state index contributed by atoms with van der Waals surface area (Å²) in [6.45, 7) is 3.68. The number of benzene rings is 1. The van der Waals surface area contributed by atoms with Crippen LogP contribution in [0, 0.1) is 5.41 Å². The molecule has 1 aliphatic rings. The van der Waals surface area contributed by atoms with Gasteiger partial charge in [0.25, 0.3) is 0 Å². The van der Waals surface area contributed by atoms with Crippen molar-refractivity contribution in [2.75, 3.05) is 30.5 Å². The Hall–Kier alpha value is -1.07. The fraction of sp³-hybridized carbons (Fsp3) is 0.533. The second-order valence-electron chi connectivity index (χ2n) is 5.21. The summed E-state index contributed by atoms with van der Waals surface area (Å²) in [5, 5.41) is 3.69. The van der Waals surface area contributed by atoms with Gasteiger partial charge < -0.3 is 14.8 Å². The molecule has 0 atom stereocenters. The third-order valence-electron chi connectivity index (χ3n) is 3.57. The zero-order chi connectivity index (χ0) is 14.4. The normalized spacial score (nSPS) is 17.5. The largest absolute Gasteiger partial charge is 0.491 e. The van der Waals surface area contributed by atoms with Gasteiger partial charge in [0.05, 0.1) is 12.3 Å². The quantitative estimate of drug-likeness (QED) is 0.836. The van der Waals surface area contributed by atoms with Crippen LogP contribution in [0.2, 0.25) is 0 Å². The first-order valence-electron chi connectivity index (χ1n) is 6.78. The van der Waals surface area contributed by atoms with Gasteiger partial charge in [-0.15, -0.1) is 0 Å². The van der Waals surface area contributed by atoms with Crippen LogP contribution >= 0.6 is 15.9 Å². The van der Waals surface area contributed by atoms with Crippen molar-refractivity contribution in [2.24, 2.45) is 5.41 Å². The topological polar surface area (TPSA) is 47.6 Å². The summed E-state index contributed by atoms with van der Waals surface area (Å²) in [6.07, 6.45) is 1.97. The third kappa shape index (κ3) is 3.96. The van der Waals surface area contributed by atoms with Crippen molar-refractivity contribution in [1.29, 1.82) is 0 Å². The Morgan fingerprint density at radius 3 is 2.75 bits per heavy atom. The van der Waals surface area contributed by atoms with E-state index in [0.29, 0.717) is 6.61 Å². The highest BCUT2D eigenvalue weighted by Crippen LogP contribution is 2.34. The van der Waals surface area contributed by atoms with Gasteiger partial charge in [0.2, 0.25) is 5.91 Å². The lowest BCUT2D eigenvalue weighted by molar-refractivity contribution is -0.114. The number of ether oxygens (including phenoxy) is 2. The van der Waals surface area contributed by atoms with E-state index in [9.17, 15) is 4.79 Å². The first kappa shape index (κ1) is 15.3. The van der Waals surface area contributed by atoms with Gasteiger partial charge in [0.1, 0.15) is 5.75 Å². The molecule has 0 radical (unpaired) electrons. The molecule has 0 aromatic heterocycles. The molecular weight excluding hydrogens is 322 g/mol. The molecule has 2 rings (SSSR count). The molecule has 1 aromatic carbocycles. The number of alkyl halides is 1. The van der Waals surface area contributed by atoms with E-state index in [4.69, 9.17) is 9.47 Å². The van der Waals surface area contributed by atoms with E-state index in [1.54, 1.807) is 0 Å². The zero-order valence-corrected chi connectivity index (χ0v) is 13.2. The summed E-state index contributed by atoms with van der Waals surface area (Å²) in [6, 6.07) is 7.52. The van der Waals surface area contributed by atoms with Crippen molar-refractivity contribution in [1.82, 2.24) is 0 Å². The van der Waals surface area contributed by atoms with Gasteiger partial charge >= 0.3 is 0 Å². The van der Waals surface area contributed by atoms with Crippen molar-refractivity contribution in [3.63, 3.8) is 0 Å². The summed E-state index contributed by atoms with van der Waals surface area (Å²) in [4.78, 5) is 11.2. The Morgan fingerprint density at radius 1 is 1.40 bits per heavy atom. The fourth-order valence-corrected chi connectivity index (χ4v) is 2.96. The average Bonchev–Trinajstić information content (AvgIpc) is 2.47. The van der Waals surface area contributed by atoms with Crippen LogP contribution in [0.25, 0.3) is 0 Å². The van der Waals surface area contributed by atoms with E-state index in [0.717, 1.165) is 42.8 Å². The molecule has 20 heavy (non-hydrogen) atoms. The van der Waals surface area contributed by atoms with E-state index < -0.39 is 0 Å². The van der Waals surface area contributed by atoms with Gasteiger partial charge in [-0.05, 0) is 25.0 Å². The van der Waals surface area contributed by atoms with Crippen LogP contribution in [0.5, 0.6) is 5.75 Å². The maximum Gasteiger partial charge on any atom is 0.221 e. The second-order valence-corrected chi connectivity index (χ2v) is 5.77. The first-order valence-corrected chi connectivity index (χ1v) is 7.90. The molecule has 0 bridgehead atoms. The predicted octanol–water partition coefficient (Wildman–Crippen LogP) is 3.22. The molecule has 1 fully saturated rings. The van der Waals surface area contributed by atoms with Crippen LogP contribution in [0.15, 0.2) is 24.3 Å². The first-order chi connectivity index (χ1) is 9.65. The number of rotatable bonds is 5. The number of carbonyl (C=O) groups excluding carboxylic acids is 1. The van der Waals surface area contributed by atoms with E-state index in [1.165, 1.54) is 6.92 Å². The molecule has 5 heteroatoms. The molecule has 4 nitrogen and oxygen atoms in total. The SMILES string of the molecule is CC(=O)Nc1ccccc1OCC1(CBr)CCOCC1. The summed E-state index contributed by atoms with van der Waals surface area (Å²) >= 11 is 3.60. The molecule has 1 aliphatic heterocycles. The smallest absolute Gasteiger partial charge is 0.221 e. The minimum Gasteiger partial charge on any atom is -0.491 e. The Balaban J connectivity index is 2.04. The van der Waals surface area contributed by atoms with E-state index in [1.807, 2.05) is 24.3 Å². The van der Waals surface area contributed by atoms with Crippen molar-refractivity contribution in [3.05, 3.63) is 24.3 Å². The van der Waals surface area contributed by atoms with Gasteiger partial charge in [0, 0.05) is 30.9 Å². The summed E-state index contributed by atoms with van der Waals surface area (Å²) in [7, 11) is 0. The Kier molecular flexibility index (Phi) is 5.43. The summed E-state index contributed by atoms with van der Waals surface area (Å²) < 4.78 is 11.4. The minimum absolute atomic E-state index is 0.0951. The number of nitrogens with one attached hydrogen (secondary N) is 1. The predicted molar refractivity (Wildman–Crippen MR) is 82.5 cm³/mol. The molecule has 1 heterocycles. The number of amides is 1. The molecule has 1 amide bonds. The lowest BCUT2D eigenvalue weighted by atomic mass is 9.83. The molecule has 1 aromatic rings. The molecular formula is C15H20BrNO3.